The fourth-order valence-electron chi connectivity index (χ4n) is 4.25. The quantitative estimate of drug-likeness (QED) is 0.462. The van der Waals surface area contributed by atoms with Gasteiger partial charge in [0.25, 0.3) is 0 Å². The molecule has 7 nitrogen and oxygen atoms in total. The summed E-state index contributed by atoms with van der Waals surface area (Å²) < 4.78 is 10.8. The van der Waals surface area contributed by atoms with E-state index < -0.39 is 23.1 Å². The molecule has 0 aliphatic carbocycles. The van der Waals surface area contributed by atoms with E-state index in [0.717, 1.165) is 11.8 Å². The van der Waals surface area contributed by atoms with Gasteiger partial charge in [0.2, 0.25) is 11.8 Å². The Hall–Kier alpha value is -3.26. The number of carbonyl (C=O) groups excluding carboxylic acids is 3. The molecule has 1 saturated heterocycles. The third-order valence-electron chi connectivity index (χ3n) is 5.48. The molecule has 2 aromatic carbocycles. The normalized spacial score (nSPS) is 25.3. The number of rotatable bonds is 2. The Morgan fingerprint density at radius 3 is 2.52 bits per heavy atom. The zero-order valence-electron chi connectivity index (χ0n) is 15.3. The molecule has 1 fully saturated rings. The van der Waals surface area contributed by atoms with E-state index in [4.69, 9.17) is 15.2 Å². The van der Waals surface area contributed by atoms with Crippen molar-refractivity contribution in [2.45, 2.75) is 11.2 Å². The van der Waals surface area contributed by atoms with Crippen molar-refractivity contribution in [3.05, 3.63) is 64.7 Å². The summed E-state index contributed by atoms with van der Waals surface area (Å²) in [6.45, 7) is 0. The Morgan fingerprint density at radius 1 is 1.03 bits per heavy atom. The monoisotopic (exact) mass is 408 g/mol. The fraction of sp³-hybridized carbons (Fsp3) is 0.190. The van der Waals surface area contributed by atoms with Gasteiger partial charge in [-0.3, -0.25) is 9.59 Å². The van der Waals surface area contributed by atoms with Crippen LogP contribution >= 0.6 is 11.8 Å². The summed E-state index contributed by atoms with van der Waals surface area (Å²) in [5.41, 5.74) is 7.53. The third-order valence-corrected chi connectivity index (χ3v) is 6.70. The minimum Gasteiger partial charge on any atom is -0.493 e. The number of methoxy groups -OCH3 is 1. The van der Waals surface area contributed by atoms with Crippen LogP contribution in [0.2, 0.25) is 0 Å². The van der Waals surface area contributed by atoms with Gasteiger partial charge in [-0.2, -0.15) is 0 Å². The average molecular weight is 408 g/mol. The summed E-state index contributed by atoms with van der Waals surface area (Å²) in [4.78, 5) is 40.5. The van der Waals surface area contributed by atoms with Crippen LogP contribution in [0, 0.1) is 5.92 Å². The lowest BCUT2D eigenvalue weighted by atomic mass is 9.77. The number of hydrogen-bond donors (Lipinski definition) is 1. The second-order valence-corrected chi connectivity index (χ2v) is 8.12. The number of carbonyl (C=O) groups is 3. The molecule has 0 radical (unpaired) electrons. The molecule has 3 aliphatic rings. The Kier molecular flexibility index (Phi) is 3.92. The highest BCUT2D eigenvalue weighted by atomic mass is 32.2. The molecule has 2 aromatic rings. The van der Waals surface area contributed by atoms with Crippen LogP contribution in [-0.4, -0.2) is 30.1 Å². The first-order chi connectivity index (χ1) is 14.0. The molecule has 2 N–H and O–H groups in total. The number of amides is 2. The van der Waals surface area contributed by atoms with Gasteiger partial charge < -0.3 is 15.2 Å². The zero-order chi connectivity index (χ0) is 20.3. The number of thioether (sulfide) groups is 1. The Labute approximate surface area is 170 Å². The maximum Gasteiger partial charge on any atom is 0.342 e. The predicted molar refractivity (Wildman–Crippen MR) is 106 cm³/mol. The second kappa shape index (κ2) is 6.38. The number of anilines is 1. The largest absolute Gasteiger partial charge is 0.493 e. The molecule has 0 aromatic heterocycles. The molecule has 0 saturated carbocycles. The SMILES string of the molecule is COc1cccc2c1OC(=O)C1=C(N)S[C@H]3C(=O)N(c4ccccc4)C(=O)[C@@H]3[C@H]12. The molecule has 3 atom stereocenters. The van der Waals surface area contributed by atoms with Crippen LogP contribution in [0.15, 0.2) is 59.1 Å². The number of fused-ring (bicyclic) bond motifs is 5. The number of nitrogens with zero attached hydrogens (tertiary/aromatic N) is 1. The number of hydrogen-bond acceptors (Lipinski definition) is 7. The maximum atomic E-state index is 13.4. The lowest BCUT2D eigenvalue weighted by molar-refractivity contribution is -0.132. The number of esters is 1. The topological polar surface area (TPSA) is 98.9 Å². The van der Waals surface area contributed by atoms with E-state index in [0.29, 0.717) is 17.0 Å². The van der Waals surface area contributed by atoms with Gasteiger partial charge in [0, 0.05) is 11.5 Å². The Morgan fingerprint density at radius 2 is 1.79 bits per heavy atom. The van der Waals surface area contributed by atoms with E-state index in [1.165, 1.54) is 12.0 Å². The standard InChI is InChI=1S/C21H16N2O5S/c1-27-12-9-5-8-11-13-14-17(29-18(22)15(13)21(26)28-16(11)12)20(25)23(19(14)24)10-6-3-2-4-7-10/h2-9,13-14,17H,22H2,1H3/t13-,14-,17-/m1/s1. The van der Waals surface area contributed by atoms with E-state index in [1.54, 1.807) is 42.5 Å². The Balaban J connectivity index is 1.69. The molecular weight excluding hydrogens is 392 g/mol. The van der Waals surface area contributed by atoms with Crippen LogP contribution in [0.4, 0.5) is 5.69 Å². The van der Waals surface area contributed by atoms with Crippen LogP contribution in [0.3, 0.4) is 0 Å². The van der Waals surface area contributed by atoms with E-state index in [2.05, 4.69) is 0 Å². The van der Waals surface area contributed by atoms with Gasteiger partial charge in [-0.1, -0.05) is 42.1 Å². The van der Waals surface area contributed by atoms with Crippen molar-refractivity contribution in [1.29, 1.82) is 0 Å². The number of nitrogens with two attached hydrogens (primary N) is 1. The summed E-state index contributed by atoms with van der Waals surface area (Å²) in [5.74, 6) is -2.07. The smallest absolute Gasteiger partial charge is 0.342 e. The number of ether oxygens (including phenoxy) is 2. The summed E-state index contributed by atoms with van der Waals surface area (Å²) in [6.07, 6.45) is 0. The number of imide groups is 1. The molecule has 0 bridgehead atoms. The van der Waals surface area contributed by atoms with Crippen LogP contribution in [0.25, 0.3) is 0 Å². The van der Waals surface area contributed by atoms with Crippen LogP contribution in [0.1, 0.15) is 11.5 Å². The van der Waals surface area contributed by atoms with Gasteiger partial charge in [0.05, 0.1) is 29.3 Å². The van der Waals surface area contributed by atoms with E-state index >= 15 is 0 Å². The van der Waals surface area contributed by atoms with Crippen LogP contribution in [0.5, 0.6) is 11.5 Å². The first kappa shape index (κ1) is 17.8. The van der Waals surface area contributed by atoms with E-state index in [-0.39, 0.29) is 28.2 Å². The van der Waals surface area contributed by atoms with Gasteiger partial charge in [-0.05, 0) is 18.2 Å². The molecule has 29 heavy (non-hydrogen) atoms. The van der Waals surface area contributed by atoms with Gasteiger partial charge >= 0.3 is 5.97 Å². The summed E-state index contributed by atoms with van der Waals surface area (Å²) in [7, 11) is 1.48. The zero-order valence-corrected chi connectivity index (χ0v) is 16.1. The van der Waals surface area contributed by atoms with Crippen molar-refractivity contribution in [2.24, 2.45) is 11.7 Å². The maximum absolute atomic E-state index is 13.4. The minimum atomic E-state index is -0.756. The first-order valence-electron chi connectivity index (χ1n) is 9.01. The highest BCUT2D eigenvalue weighted by molar-refractivity contribution is 8.04. The van der Waals surface area contributed by atoms with Crippen molar-refractivity contribution >= 4 is 35.2 Å². The molecule has 146 valence electrons. The number of para-hydroxylation sites is 2. The number of benzene rings is 2. The lowest BCUT2D eigenvalue weighted by Gasteiger charge is -2.36. The van der Waals surface area contributed by atoms with Crippen LogP contribution < -0.4 is 20.1 Å². The molecule has 0 unspecified atom stereocenters. The molecule has 3 aliphatic heterocycles. The van der Waals surface area contributed by atoms with Crippen molar-refractivity contribution in [2.75, 3.05) is 12.0 Å². The highest BCUT2D eigenvalue weighted by Gasteiger charge is 2.58. The van der Waals surface area contributed by atoms with Crippen molar-refractivity contribution in [3.8, 4) is 11.5 Å². The summed E-state index contributed by atoms with van der Waals surface area (Å²) in [5, 5.41) is -0.493. The first-order valence-corrected chi connectivity index (χ1v) is 9.89. The molecular formula is C21H16N2O5S. The van der Waals surface area contributed by atoms with Gasteiger partial charge in [-0.25, -0.2) is 9.69 Å². The Bertz CT molecular complexity index is 1100. The third kappa shape index (κ3) is 2.42. The average Bonchev–Trinajstić information content (AvgIpc) is 2.97. The summed E-state index contributed by atoms with van der Waals surface area (Å²) in [6, 6.07) is 14.0. The molecule has 5 rings (SSSR count). The van der Waals surface area contributed by atoms with Crippen molar-refractivity contribution < 1.29 is 23.9 Å². The second-order valence-electron chi connectivity index (χ2n) is 6.94. The molecule has 3 heterocycles. The molecule has 2 amide bonds. The molecule has 8 heteroatoms. The van der Waals surface area contributed by atoms with Crippen LogP contribution in [-0.2, 0) is 14.4 Å². The fourth-order valence-corrected chi connectivity index (χ4v) is 5.48. The highest BCUT2D eigenvalue weighted by Crippen LogP contribution is 2.55. The van der Waals surface area contributed by atoms with Gasteiger partial charge in [0.15, 0.2) is 11.5 Å². The lowest BCUT2D eigenvalue weighted by Crippen LogP contribution is -2.39. The minimum absolute atomic E-state index is 0.214. The van der Waals surface area contributed by atoms with E-state index in [9.17, 15) is 14.4 Å². The van der Waals surface area contributed by atoms with Gasteiger partial charge in [-0.15, -0.1) is 0 Å². The van der Waals surface area contributed by atoms with E-state index in [1.807, 2.05) is 6.07 Å². The molecule has 0 spiro atoms. The van der Waals surface area contributed by atoms with Crippen molar-refractivity contribution in [3.63, 3.8) is 0 Å². The van der Waals surface area contributed by atoms with Crippen molar-refractivity contribution in [1.82, 2.24) is 0 Å². The van der Waals surface area contributed by atoms with Gasteiger partial charge in [0.1, 0.15) is 5.25 Å². The summed E-state index contributed by atoms with van der Waals surface area (Å²) >= 11 is 1.05. The predicted octanol–water partition coefficient (Wildman–Crippen LogP) is 2.17.